The molecule has 1 aromatic rings. The fraction of sp³-hybridized carbons (Fsp3) is 0.385. The van der Waals surface area contributed by atoms with Gasteiger partial charge >= 0.3 is 0 Å². The predicted molar refractivity (Wildman–Crippen MR) is 62.7 cm³/mol. The van der Waals surface area contributed by atoms with Crippen molar-refractivity contribution in [3.63, 3.8) is 0 Å². The van der Waals surface area contributed by atoms with Gasteiger partial charge in [0.1, 0.15) is 12.4 Å². The molecule has 0 heterocycles. The van der Waals surface area contributed by atoms with Gasteiger partial charge in [-0.1, -0.05) is 23.6 Å². The number of nitrogens with two attached hydrogens (primary N) is 1. The Kier molecular flexibility index (Phi) is 4.20. The van der Waals surface area contributed by atoms with Crippen LogP contribution in [0.15, 0.2) is 18.2 Å². The van der Waals surface area contributed by atoms with Crippen molar-refractivity contribution >= 4 is 0 Å². The summed E-state index contributed by atoms with van der Waals surface area (Å²) in [5.74, 6) is 6.49. The number of ether oxygens (including phenoxy) is 1. The van der Waals surface area contributed by atoms with Crippen LogP contribution in [0.25, 0.3) is 0 Å². The molecule has 0 radical (unpaired) electrons. The molecule has 0 aliphatic rings. The predicted octanol–water partition coefficient (Wildman–Crippen LogP) is 2.42. The monoisotopic (exact) mass is 203 g/mol. The molecule has 0 aromatic heterocycles. The summed E-state index contributed by atoms with van der Waals surface area (Å²) in [6, 6.07) is 6.00. The lowest BCUT2D eigenvalue weighted by atomic mass is 10.1. The zero-order chi connectivity index (χ0) is 11.3. The van der Waals surface area contributed by atoms with Crippen LogP contribution in [0.4, 0.5) is 0 Å². The second kappa shape index (κ2) is 5.43. The average Bonchev–Trinajstić information content (AvgIpc) is 2.20. The van der Waals surface area contributed by atoms with E-state index in [1.54, 1.807) is 6.92 Å². The molecule has 0 aliphatic heterocycles. The molecule has 0 amide bonds. The van der Waals surface area contributed by atoms with Crippen molar-refractivity contribution in [2.45, 2.75) is 26.8 Å². The first-order valence-electron chi connectivity index (χ1n) is 5.03. The molecule has 0 unspecified atom stereocenters. The maximum absolute atomic E-state index is 5.87. The number of aryl methyl sites for hydroxylation is 1. The van der Waals surface area contributed by atoms with Crippen molar-refractivity contribution in [2.75, 3.05) is 6.61 Å². The first-order chi connectivity index (χ1) is 7.15. The molecule has 2 N–H and O–H groups in total. The number of rotatable bonds is 3. The van der Waals surface area contributed by atoms with E-state index in [4.69, 9.17) is 10.5 Å². The van der Waals surface area contributed by atoms with Crippen LogP contribution in [0.2, 0.25) is 0 Å². The first-order valence-corrected chi connectivity index (χ1v) is 5.03. The molecule has 1 atom stereocenters. The van der Waals surface area contributed by atoms with Crippen LogP contribution < -0.4 is 10.5 Å². The van der Waals surface area contributed by atoms with E-state index in [0.29, 0.717) is 6.61 Å². The van der Waals surface area contributed by atoms with E-state index in [2.05, 4.69) is 17.9 Å². The summed E-state index contributed by atoms with van der Waals surface area (Å²) in [4.78, 5) is 0. The van der Waals surface area contributed by atoms with Gasteiger partial charge in [0.2, 0.25) is 0 Å². The normalized spacial score (nSPS) is 11.5. The molecule has 0 aliphatic carbocycles. The standard InChI is InChI=1S/C13H17NO/c1-4-5-8-15-13-7-6-10(2)9-12(13)11(3)14/h6-7,9,11H,8,14H2,1-3H3/t11-/m0/s1. The van der Waals surface area contributed by atoms with Crippen molar-refractivity contribution < 1.29 is 4.74 Å². The number of benzene rings is 1. The Balaban J connectivity index is 2.89. The SMILES string of the molecule is CC#CCOc1ccc(C)cc1[C@H](C)N. The van der Waals surface area contributed by atoms with Crippen LogP contribution in [0.3, 0.4) is 0 Å². The second-order valence-electron chi connectivity index (χ2n) is 3.55. The minimum absolute atomic E-state index is 0.0190. The van der Waals surface area contributed by atoms with E-state index in [9.17, 15) is 0 Å². The Morgan fingerprint density at radius 3 is 2.80 bits per heavy atom. The number of hydrogen-bond donors (Lipinski definition) is 1. The molecule has 1 rings (SSSR count). The Bertz CT molecular complexity index is 385. The van der Waals surface area contributed by atoms with E-state index in [0.717, 1.165) is 11.3 Å². The highest BCUT2D eigenvalue weighted by molar-refractivity contribution is 5.38. The van der Waals surface area contributed by atoms with Crippen molar-refractivity contribution in [2.24, 2.45) is 5.73 Å². The fourth-order valence-electron chi connectivity index (χ4n) is 1.34. The molecular formula is C13H17NO. The van der Waals surface area contributed by atoms with Gasteiger partial charge in [0.25, 0.3) is 0 Å². The summed E-state index contributed by atoms with van der Waals surface area (Å²) >= 11 is 0. The number of hydrogen-bond acceptors (Lipinski definition) is 2. The third-order valence-electron chi connectivity index (χ3n) is 2.13. The van der Waals surface area contributed by atoms with Gasteiger partial charge in [-0.3, -0.25) is 0 Å². The van der Waals surface area contributed by atoms with Crippen LogP contribution >= 0.6 is 0 Å². The highest BCUT2D eigenvalue weighted by Gasteiger charge is 2.07. The Morgan fingerprint density at radius 1 is 1.47 bits per heavy atom. The van der Waals surface area contributed by atoms with Crippen LogP contribution in [0.5, 0.6) is 5.75 Å². The molecule has 0 spiro atoms. The molecular weight excluding hydrogens is 186 g/mol. The molecule has 0 fully saturated rings. The molecule has 2 heteroatoms. The van der Waals surface area contributed by atoms with Crippen LogP contribution in [0, 0.1) is 18.8 Å². The fourth-order valence-corrected chi connectivity index (χ4v) is 1.34. The molecule has 2 nitrogen and oxygen atoms in total. The summed E-state index contributed by atoms with van der Waals surface area (Å²) in [5, 5.41) is 0. The van der Waals surface area contributed by atoms with Crippen LogP contribution in [-0.4, -0.2) is 6.61 Å². The summed E-state index contributed by atoms with van der Waals surface area (Å²) < 4.78 is 5.54. The Morgan fingerprint density at radius 2 is 2.20 bits per heavy atom. The van der Waals surface area contributed by atoms with E-state index >= 15 is 0 Å². The van der Waals surface area contributed by atoms with Gasteiger partial charge in [-0.2, -0.15) is 0 Å². The average molecular weight is 203 g/mol. The molecule has 15 heavy (non-hydrogen) atoms. The smallest absolute Gasteiger partial charge is 0.149 e. The van der Waals surface area contributed by atoms with Gasteiger partial charge in [0.15, 0.2) is 0 Å². The molecule has 0 saturated carbocycles. The lowest BCUT2D eigenvalue weighted by Crippen LogP contribution is -2.08. The molecule has 80 valence electrons. The third-order valence-corrected chi connectivity index (χ3v) is 2.13. The van der Waals surface area contributed by atoms with Crippen molar-refractivity contribution in [3.05, 3.63) is 29.3 Å². The topological polar surface area (TPSA) is 35.2 Å². The van der Waals surface area contributed by atoms with Crippen LogP contribution in [-0.2, 0) is 0 Å². The summed E-state index contributed by atoms with van der Waals surface area (Å²) in [6.07, 6.45) is 0. The van der Waals surface area contributed by atoms with Gasteiger partial charge in [-0.05, 0) is 26.8 Å². The highest BCUT2D eigenvalue weighted by Crippen LogP contribution is 2.24. The van der Waals surface area contributed by atoms with Gasteiger partial charge in [-0.15, -0.1) is 5.92 Å². The summed E-state index contributed by atoms with van der Waals surface area (Å²) in [6.45, 7) is 6.21. The van der Waals surface area contributed by atoms with E-state index in [-0.39, 0.29) is 6.04 Å². The lowest BCUT2D eigenvalue weighted by Gasteiger charge is -2.13. The van der Waals surface area contributed by atoms with Gasteiger partial charge in [0, 0.05) is 11.6 Å². The van der Waals surface area contributed by atoms with Gasteiger partial charge < -0.3 is 10.5 Å². The third kappa shape index (κ3) is 3.30. The zero-order valence-electron chi connectivity index (χ0n) is 9.50. The molecule has 0 bridgehead atoms. The summed E-state index contributed by atoms with van der Waals surface area (Å²) in [5.41, 5.74) is 8.10. The minimum Gasteiger partial charge on any atom is -0.481 e. The molecule has 0 saturated heterocycles. The van der Waals surface area contributed by atoms with Crippen molar-refractivity contribution in [1.29, 1.82) is 0 Å². The lowest BCUT2D eigenvalue weighted by molar-refractivity contribution is 0.364. The minimum atomic E-state index is -0.0190. The van der Waals surface area contributed by atoms with Gasteiger partial charge in [-0.25, -0.2) is 0 Å². The largest absolute Gasteiger partial charge is 0.481 e. The van der Waals surface area contributed by atoms with Crippen LogP contribution in [0.1, 0.15) is 31.0 Å². The first kappa shape index (κ1) is 11.6. The Labute approximate surface area is 91.4 Å². The second-order valence-corrected chi connectivity index (χ2v) is 3.55. The maximum Gasteiger partial charge on any atom is 0.149 e. The zero-order valence-corrected chi connectivity index (χ0v) is 9.50. The van der Waals surface area contributed by atoms with E-state index in [1.807, 2.05) is 26.0 Å². The van der Waals surface area contributed by atoms with Gasteiger partial charge in [0.05, 0.1) is 0 Å². The van der Waals surface area contributed by atoms with Crippen molar-refractivity contribution in [3.8, 4) is 17.6 Å². The molecule has 1 aromatic carbocycles. The highest BCUT2D eigenvalue weighted by atomic mass is 16.5. The van der Waals surface area contributed by atoms with E-state index < -0.39 is 0 Å². The quantitative estimate of drug-likeness (QED) is 0.766. The maximum atomic E-state index is 5.87. The Hall–Kier alpha value is -1.46. The summed E-state index contributed by atoms with van der Waals surface area (Å²) in [7, 11) is 0. The van der Waals surface area contributed by atoms with Crippen molar-refractivity contribution in [1.82, 2.24) is 0 Å². The van der Waals surface area contributed by atoms with E-state index in [1.165, 1.54) is 5.56 Å².